The van der Waals surface area contributed by atoms with Gasteiger partial charge in [0.25, 0.3) is 0 Å². The van der Waals surface area contributed by atoms with E-state index in [0.29, 0.717) is 17.7 Å². The second-order valence-electron chi connectivity index (χ2n) is 7.84. The summed E-state index contributed by atoms with van der Waals surface area (Å²) < 4.78 is 104. The topological polar surface area (TPSA) is 74.9 Å². The number of rotatable bonds is 5. The Hall–Kier alpha value is -2.94. The molecule has 2 saturated heterocycles. The van der Waals surface area contributed by atoms with Gasteiger partial charge >= 0.3 is 18.4 Å². The van der Waals surface area contributed by atoms with Crippen molar-refractivity contribution in [1.82, 2.24) is 21.1 Å². The minimum Gasteiger partial charge on any atom is -0.368 e. The summed E-state index contributed by atoms with van der Waals surface area (Å²) in [7, 11) is 0. The molecule has 4 rings (SSSR count). The highest BCUT2D eigenvalue weighted by atomic mass is 19.4. The monoisotopic (exact) mass is 508 g/mol. The fourth-order valence-electron chi connectivity index (χ4n) is 3.82. The van der Waals surface area contributed by atoms with E-state index in [1.165, 1.54) is 24.3 Å². The number of ether oxygens (including phenoxy) is 2. The van der Waals surface area contributed by atoms with Crippen molar-refractivity contribution in [3.63, 3.8) is 0 Å². The summed E-state index contributed by atoms with van der Waals surface area (Å²) in [4.78, 5) is 13.2. The van der Waals surface area contributed by atoms with Crippen molar-refractivity contribution < 1.29 is 45.0 Å². The third-order valence-corrected chi connectivity index (χ3v) is 5.42. The van der Waals surface area contributed by atoms with E-state index < -0.39 is 60.6 Å². The molecule has 2 aromatic rings. The molecule has 3 unspecified atom stereocenters. The van der Waals surface area contributed by atoms with Crippen LogP contribution in [0.4, 0.5) is 35.5 Å². The number of carbonyl (C=O) groups excluding carboxylic acids is 1. The number of urea groups is 1. The van der Waals surface area contributed by atoms with Crippen molar-refractivity contribution in [2.24, 2.45) is 0 Å². The van der Waals surface area contributed by atoms with Crippen molar-refractivity contribution in [1.29, 1.82) is 0 Å². The summed E-state index contributed by atoms with van der Waals surface area (Å²) >= 11 is 0. The molecule has 0 bridgehead atoms. The number of benzene rings is 2. The predicted octanol–water partition coefficient (Wildman–Crippen LogP) is 3.88. The molecule has 2 amide bonds. The molecule has 35 heavy (non-hydrogen) atoms. The van der Waals surface area contributed by atoms with Crippen LogP contribution in [-0.4, -0.2) is 36.6 Å². The van der Waals surface area contributed by atoms with E-state index in [0.717, 1.165) is 0 Å². The van der Waals surface area contributed by atoms with Crippen molar-refractivity contribution >= 4 is 6.03 Å². The number of halogens is 7. The van der Waals surface area contributed by atoms with Crippen LogP contribution in [0.5, 0.6) is 0 Å². The third-order valence-electron chi connectivity index (χ3n) is 5.42. The molecule has 14 heteroatoms. The van der Waals surface area contributed by atoms with Gasteiger partial charge in [-0.05, 0) is 41.5 Å². The Balaban J connectivity index is 1.64. The lowest BCUT2D eigenvalue weighted by molar-refractivity contribution is -0.206. The average molecular weight is 508 g/mol. The molecule has 2 fully saturated rings. The molecule has 0 saturated carbocycles. The smallest absolute Gasteiger partial charge is 0.368 e. The van der Waals surface area contributed by atoms with Gasteiger partial charge in [-0.3, -0.25) is 5.43 Å². The van der Waals surface area contributed by atoms with Gasteiger partial charge in [-0.2, -0.15) is 31.8 Å². The van der Waals surface area contributed by atoms with Gasteiger partial charge in [-0.1, -0.05) is 12.1 Å². The molecule has 3 N–H and O–H groups in total. The van der Waals surface area contributed by atoms with Crippen molar-refractivity contribution in [3.8, 4) is 0 Å². The number of alkyl halides is 6. The fourth-order valence-corrected chi connectivity index (χ4v) is 3.82. The van der Waals surface area contributed by atoms with E-state index in [-0.39, 0.29) is 24.8 Å². The van der Waals surface area contributed by atoms with Crippen LogP contribution in [0.2, 0.25) is 0 Å². The summed E-state index contributed by atoms with van der Waals surface area (Å²) in [5, 5.41) is 2.56. The molecule has 0 spiro atoms. The number of nitrogens with zero attached hydrogens (tertiary/aromatic N) is 1. The van der Waals surface area contributed by atoms with E-state index >= 15 is 0 Å². The van der Waals surface area contributed by atoms with Crippen LogP contribution in [0.15, 0.2) is 42.5 Å². The number of hydrogen-bond donors (Lipinski definition) is 3. The van der Waals surface area contributed by atoms with E-state index in [9.17, 15) is 35.5 Å². The molecule has 7 nitrogen and oxygen atoms in total. The minimum absolute atomic E-state index is 0.0322. The lowest BCUT2D eigenvalue weighted by atomic mass is 10.0. The van der Waals surface area contributed by atoms with Gasteiger partial charge in [0, 0.05) is 6.54 Å². The molecule has 0 aromatic heterocycles. The Morgan fingerprint density at radius 1 is 1.00 bits per heavy atom. The second kappa shape index (κ2) is 9.60. The first-order valence-electron chi connectivity index (χ1n) is 10.3. The largest absolute Gasteiger partial charge is 0.416 e. The van der Waals surface area contributed by atoms with Crippen LogP contribution in [0.3, 0.4) is 0 Å². The van der Waals surface area contributed by atoms with Gasteiger partial charge < -0.3 is 14.8 Å². The number of hydrazine groups is 1. The zero-order valence-electron chi connectivity index (χ0n) is 17.7. The Kier molecular flexibility index (Phi) is 6.90. The molecule has 2 aliphatic heterocycles. The van der Waals surface area contributed by atoms with Gasteiger partial charge in [0.1, 0.15) is 18.1 Å². The van der Waals surface area contributed by atoms with Gasteiger partial charge in [-0.15, -0.1) is 0 Å². The Bertz CT molecular complexity index is 1030. The maximum Gasteiger partial charge on any atom is 0.416 e. The van der Waals surface area contributed by atoms with Gasteiger partial charge in [0.05, 0.1) is 24.3 Å². The van der Waals surface area contributed by atoms with Crippen LogP contribution in [-0.2, 0) is 28.4 Å². The molecular formula is C21H19F7N4O3. The maximum absolute atomic E-state index is 13.4. The normalized spacial score (nSPS) is 23.7. The average Bonchev–Trinajstić information content (AvgIpc) is 3.23. The Morgan fingerprint density at radius 3 is 2.17 bits per heavy atom. The maximum atomic E-state index is 13.4. The number of amides is 2. The molecule has 3 atom stereocenters. The quantitative estimate of drug-likeness (QED) is 0.535. The summed E-state index contributed by atoms with van der Waals surface area (Å²) in [6.45, 7) is -0.292. The second-order valence-corrected chi connectivity index (χ2v) is 7.84. The number of carbonyl (C=O) groups is 1. The lowest BCUT2D eigenvalue weighted by Gasteiger charge is -2.43. The number of nitrogens with one attached hydrogen (secondary N) is 3. The summed E-state index contributed by atoms with van der Waals surface area (Å²) in [5.41, 5.74) is 2.16. The number of morpholine rings is 1. The molecular weight excluding hydrogens is 489 g/mol. The third kappa shape index (κ3) is 5.83. The van der Waals surface area contributed by atoms with Crippen LogP contribution in [0.25, 0.3) is 0 Å². The predicted molar refractivity (Wildman–Crippen MR) is 105 cm³/mol. The highest BCUT2D eigenvalue weighted by Gasteiger charge is 2.41. The van der Waals surface area contributed by atoms with Crippen molar-refractivity contribution in [2.75, 3.05) is 13.2 Å². The zero-order chi connectivity index (χ0) is 25.4. The first-order valence-corrected chi connectivity index (χ1v) is 10.3. The fraction of sp³-hybridized carbons (Fsp3) is 0.381. The van der Waals surface area contributed by atoms with Crippen molar-refractivity contribution in [3.05, 3.63) is 70.5 Å². The van der Waals surface area contributed by atoms with Gasteiger partial charge in [0.15, 0.2) is 6.29 Å². The van der Waals surface area contributed by atoms with Crippen LogP contribution in [0.1, 0.15) is 28.4 Å². The van der Waals surface area contributed by atoms with Crippen LogP contribution >= 0.6 is 0 Å². The molecule has 2 aromatic carbocycles. The summed E-state index contributed by atoms with van der Waals surface area (Å²) in [6, 6.07) is 5.83. The molecule has 2 aliphatic rings. The highest BCUT2D eigenvalue weighted by Crippen LogP contribution is 2.37. The van der Waals surface area contributed by atoms with Crippen molar-refractivity contribution in [2.45, 2.75) is 37.6 Å². The first-order chi connectivity index (χ1) is 16.4. The lowest BCUT2D eigenvalue weighted by Crippen LogP contribution is -2.60. The molecule has 0 radical (unpaired) electrons. The van der Waals surface area contributed by atoms with Gasteiger partial charge in [0.2, 0.25) is 0 Å². The molecule has 190 valence electrons. The Morgan fingerprint density at radius 2 is 1.63 bits per heavy atom. The highest BCUT2D eigenvalue weighted by molar-refractivity contribution is 5.75. The zero-order valence-corrected chi connectivity index (χ0v) is 17.7. The first kappa shape index (κ1) is 25.2. The number of hydrogen-bond acceptors (Lipinski definition) is 5. The standard InChI is InChI=1S/C21H19F7N4O3/c22-15-3-1-12(2-4-15)16-17(32(5-6-34-16)18-29-19(33)31-30-18)35-10-11-7-13(20(23,24)25)9-14(8-11)21(26,27)28/h1-4,7-9,16-18,30H,5-6,10H2,(H2,29,31,33). The van der Waals surface area contributed by atoms with Crippen LogP contribution in [0, 0.1) is 5.82 Å². The molecule has 0 aliphatic carbocycles. The van der Waals surface area contributed by atoms with Crippen LogP contribution < -0.4 is 16.2 Å². The SMILES string of the molecule is O=C1NNC(N2CCOC(c3ccc(F)cc3)C2OCc2cc(C(F)(F)F)cc(C(F)(F)F)c2)N1. The van der Waals surface area contributed by atoms with Gasteiger partial charge in [-0.25, -0.2) is 14.1 Å². The summed E-state index contributed by atoms with van der Waals surface area (Å²) in [6.07, 6.45) is -12.8. The van der Waals surface area contributed by atoms with E-state index in [1.54, 1.807) is 4.90 Å². The van der Waals surface area contributed by atoms with E-state index in [2.05, 4.69) is 16.2 Å². The van der Waals surface area contributed by atoms with E-state index in [1.807, 2.05) is 0 Å². The Labute approximate surface area is 194 Å². The minimum atomic E-state index is -5.00. The van der Waals surface area contributed by atoms with E-state index in [4.69, 9.17) is 9.47 Å². The molecule has 2 heterocycles. The summed E-state index contributed by atoms with van der Waals surface area (Å²) in [5.74, 6) is -0.517.